The number of nitrogens with zero attached hydrogens (tertiary/aromatic N) is 1. The molecule has 0 fully saturated rings. The second-order valence-electron chi connectivity index (χ2n) is 6.06. The zero-order valence-corrected chi connectivity index (χ0v) is 13.9. The summed E-state index contributed by atoms with van der Waals surface area (Å²) >= 11 is 1.42. The molecular formula is C17H20FNO2S. The molecule has 22 heavy (non-hydrogen) atoms. The van der Waals surface area contributed by atoms with Gasteiger partial charge in [0.1, 0.15) is 16.6 Å². The summed E-state index contributed by atoms with van der Waals surface area (Å²) in [6.45, 7) is 6.97. The molecule has 1 aromatic heterocycles. The number of halogens is 1. The van der Waals surface area contributed by atoms with E-state index in [4.69, 9.17) is 0 Å². The monoisotopic (exact) mass is 321 g/mol. The minimum Gasteiger partial charge on any atom is -0.393 e. The standard InChI is InChI=1S/C17H20FNO2S/c1-10(11(2)20)15(21)17(3,4)14-9-22-16(19-14)12-5-7-13(18)8-6-12/h5-11,20H,1-4H3. The average molecular weight is 321 g/mol. The van der Waals surface area contributed by atoms with Gasteiger partial charge in [-0.1, -0.05) is 6.92 Å². The SMILES string of the molecule is CC(O)C(C)C(=O)C(C)(C)c1csc(-c2ccc(F)cc2)n1. The number of hydrogen-bond donors (Lipinski definition) is 1. The second kappa shape index (κ2) is 6.26. The molecule has 118 valence electrons. The molecule has 2 unspecified atom stereocenters. The lowest BCUT2D eigenvalue weighted by atomic mass is 9.78. The Morgan fingerprint density at radius 3 is 2.41 bits per heavy atom. The van der Waals surface area contributed by atoms with Gasteiger partial charge in [0.05, 0.1) is 17.2 Å². The van der Waals surface area contributed by atoms with E-state index in [0.29, 0.717) is 5.69 Å². The van der Waals surface area contributed by atoms with Crippen LogP contribution in [0.1, 0.15) is 33.4 Å². The van der Waals surface area contributed by atoms with Crippen LogP contribution in [-0.4, -0.2) is 22.0 Å². The normalized spacial score (nSPS) is 14.6. The van der Waals surface area contributed by atoms with Gasteiger partial charge in [-0.3, -0.25) is 4.79 Å². The summed E-state index contributed by atoms with van der Waals surface area (Å²) in [6.07, 6.45) is -0.693. The molecule has 0 aliphatic rings. The van der Waals surface area contributed by atoms with E-state index in [1.807, 2.05) is 19.2 Å². The van der Waals surface area contributed by atoms with Gasteiger partial charge in [-0.15, -0.1) is 11.3 Å². The van der Waals surface area contributed by atoms with Crippen molar-refractivity contribution in [1.29, 1.82) is 0 Å². The summed E-state index contributed by atoms with van der Waals surface area (Å²) in [5.74, 6) is -0.786. The highest BCUT2D eigenvalue weighted by Gasteiger charge is 2.36. The largest absolute Gasteiger partial charge is 0.393 e. The molecule has 2 rings (SSSR count). The fourth-order valence-corrected chi connectivity index (χ4v) is 3.19. The third-order valence-electron chi connectivity index (χ3n) is 3.99. The molecule has 0 saturated carbocycles. The van der Waals surface area contributed by atoms with Gasteiger partial charge in [0.15, 0.2) is 0 Å². The molecule has 0 bridgehead atoms. The lowest BCUT2D eigenvalue weighted by Crippen LogP contribution is -2.38. The Morgan fingerprint density at radius 2 is 1.86 bits per heavy atom. The van der Waals surface area contributed by atoms with Crippen molar-refractivity contribution in [3.05, 3.63) is 41.2 Å². The number of carbonyl (C=O) groups is 1. The maximum Gasteiger partial charge on any atom is 0.149 e. The zero-order valence-electron chi connectivity index (χ0n) is 13.1. The topological polar surface area (TPSA) is 50.2 Å². The van der Waals surface area contributed by atoms with E-state index in [1.165, 1.54) is 23.5 Å². The van der Waals surface area contributed by atoms with Gasteiger partial charge in [0, 0.05) is 16.9 Å². The first-order chi connectivity index (χ1) is 10.2. The van der Waals surface area contributed by atoms with Crippen molar-refractivity contribution < 1.29 is 14.3 Å². The molecule has 0 radical (unpaired) electrons. The molecule has 1 N–H and O–H groups in total. The van der Waals surface area contributed by atoms with Gasteiger partial charge < -0.3 is 5.11 Å². The Kier molecular flexibility index (Phi) is 4.78. The molecule has 0 saturated heterocycles. The molecule has 0 spiro atoms. The first-order valence-electron chi connectivity index (χ1n) is 7.18. The molecule has 0 amide bonds. The van der Waals surface area contributed by atoms with Gasteiger partial charge in [-0.25, -0.2) is 9.37 Å². The predicted molar refractivity (Wildman–Crippen MR) is 86.4 cm³/mol. The number of Topliss-reactive ketones (excluding diaryl/α,β-unsaturated/α-hetero) is 1. The molecule has 2 aromatic rings. The van der Waals surface area contributed by atoms with Gasteiger partial charge in [-0.05, 0) is 45.0 Å². The third kappa shape index (κ3) is 3.25. The predicted octanol–water partition coefficient (Wildman–Crippen LogP) is 3.81. The summed E-state index contributed by atoms with van der Waals surface area (Å²) in [7, 11) is 0. The van der Waals surface area contributed by atoms with Gasteiger partial charge in [-0.2, -0.15) is 0 Å². The van der Waals surface area contributed by atoms with E-state index in [9.17, 15) is 14.3 Å². The second-order valence-corrected chi connectivity index (χ2v) is 6.92. The Hall–Kier alpha value is -1.59. The number of rotatable bonds is 5. The van der Waals surface area contributed by atoms with Crippen LogP contribution in [-0.2, 0) is 10.2 Å². The van der Waals surface area contributed by atoms with E-state index in [2.05, 4.69) is 4.98 Å². The molecule has 1 aromatic carbocycles. The Morgan fingerprint density at radius 1 is 1.27 bits per heavy atom. The third-order valence-corrected chi connectivity index (χ3v) is 4.88. The lowest BCUT2D eigenvalue weighted by molar-refractivity contribution is -0.130. The molecule has 5 heteroatoms. The number of carbonyl (C=O) groups excluding carboxylic acids is 1. The molecule has 2 atom stereocenters. The highest BCUT2D eigenvalue weighted by Crippen LogP contribution is 2.32. The van der Waals surface area contributed by atoms with E-state index in [-0.39, 0.29) is 11.6 Å². The molecule has 0 aliphatic carbocycles. The summed E-state index contributed by atoms with van der Waals surface area (Å²) in [6, 6.07) is 6.13. The van der Waals surface area contributed by atoms with Crippen molar-refractivity contribution in [3.8, 4) is 10.6 Å². The van der Waals surface area contributed by atoms with Crippen LogP contribution in [0.15, 0.2) is 29.6 Å². The van der Waals surface area contributed by atoms with Gasteiger partial charge >= 0.3 is 0 Å². The summed E-state index contributed by atoms with van der Waals surface area (Å²) in [5, 5.41) is 12.2. The van der Waals surface area contributed by atoms with Gasteiger partial charge in [0.25, 0.3) is 0 Å². The summed E-state index contributed by atoms with van der Waals surface area (Å²) < 4.78 is 13.0. The molecule has 3 nitrogen and oxygen atoms in total. The minimum absolute atomic E-state index is 0.0431. The van der Waals surface area contributed by atoms with Crippen LogP contribution in [0.5, 0.6) is 0 Å². The van der Waals surface area contributed by atoms with Crippen LogP contribution in [0.4, 0.5) is 4.39 Å². The van der Waals surface area contributed by atoms with E-state index < -0.39 is 17.4 Å². The highest BCUT2D eigenvalue weighted by molar-refractivity contribution is 7.13. The van der Waals surface area contributed by atoms with E-state index in [1.54, 1.807) is 26.0 Å². The van der Waals surface area contributed by atoms with Crippen LogP contribution in [0, 0.1) is 11.7 Å². The first-order valence-corrected chi connectivity index (χ1v) is 8.05. The number of ketones is 1. The van der Waals surface area contributed by atoms with Crippen molar-refractivity contribution in [2.45, 2.75) is 39.2 Å². The number of benzene rings is 1. The van der Waals surface area contributed by atoms with E-state index in [0.717, 1.165) is 10.6 Å². The average Bonchev–Trinajstić information content (AvgIpc) is 2.96. The van der Waals surface area contributed by atoms with E-state index >= 15 is 0 Å². The maximum absolute atomic E-state index is 13.0. The smallest absolute Gasteiger partial charge is 0.149 e. The van der Waals surface area contributed by atoms with Gasteiger partial charge in [0.2, 0.25) is 0 Å². The highest BCUT2D eigenvalue weighted by atomic mass is 32.1. The Labute approximate surface area is 133 Å². The maximum atomic E-state index is 13.0. The zero-order chi connectivity index (χ0) is 16.5. The Bertz CT molecular complexity index is 662. The summed E-state index contributed by atoms with van der Waals surface area (Å²) in [5.41, 5.74) is 0.726. The summed E-state index contributed by atoms with van der Waals surface area (Å²) in [4.78, 5) is 17.1. The Balaban J connectivity index is 2.30. The van der Waals surface area contributed by atoms with Crippen molar-refractivity contribution in [1.82, 2.24) is 4.98 Å². The fraction of sp³-hybridized carbons (Fsp3) is 0.412. The van der Waals surface area contributed by atoms with Crippen molar-refractivity contribution >= 4 is 17.1 Å². The number of hydrogen-bond acceptors (Lipinski definition) is 4. The van der Waals surface area contributed by atoms with Crippen molar-refractivity contribution in [2.24, 2.45) is 5.92 Å². The minimum atomic E-state index is -0.773. The number of thiazole rings is 1. The number of aliphatic hydroxyl groups is 1. The molecule has 1 heterocycles. The van der Waals surface area contributed by atoms with Crippen LogP contribution < -0.4 is 0 Å². The first kappa shape index (κ1) is 16.8. The van der Waals surface area contributed by atoms with Crippen LogP contribution in [0.2, 0.25) is 0 Å². The molecule has 0 aliphatic heterocycles. The quantitative estimate of drug-likeness (QED) is 0.911. The van der Waals surface area contributed by atoms with Crippen LogP contribution >= 0.6 is 11.3 Å². The lowest BCUT2D eigenvalue weighted by Gasteiger charge is -2.26. The van der Waals surface area contributed by atoms with Crippen molar-refractivity contribution in [2.75, 3.05) is 0 Å². The van der Waals surface area contributed by atoms with Crippen LogP contribution in [0.3, 0.4) is 0 Å². The number of aliphatic hydroxyl groups excluding tert-OH is 1. The molecular weight excluding hydrogens is 301 g/mol. The fourth-order valence-electron chi connectivity index (χ4n) is 2.20. The number of aromatic nitrogens is 1. The van der Waals surface area contributed by atoms with Crippen LogP contribution in [0.25, 0.3) is 10.6 Å². The van der Waals surface area contributed by atoms with Crippen molar-refractivity contribution in [3.63, 3.8) is 0 Å².